The molecule has 0 spiro atoms. The minimum absolute atomic E-state index is 0.748. The largest absolute Gasteiger partial charge is 0.311 e. The molecule has 1 aliphatic carbocycles. The molecule has 3 atom stereocenters. The van der Waals surface area contributed by atoms with Crippen molar-refractivity contribution in [1.82, 2.24) is 10.2 Å². The summed E-state index contributed by atoms with van der Waals surface area (Å²) < 4.78 is 0. The summed E-state index contributed by atoms with van der Waals surface area (Å²) in [5.74, 6) is 0.955. The van der Waals surface area contributed by atoms with Crippen molar-refractivity contribution in [3.8, 4) is 0 Å². The maximum absolute atomic E-state index is 3.98. The normalized spacial score (nSPS) is 40.0. The predicted molar refractivity (Wildman–Crippen MR) is 76.8 cm³/mol. The summed E-state index contributed by atoms with van der Waals surface area (Å²) in [6.45, 7) is 2.44. The van der Waals surface area contributed by atoms with Gasteiger partial charge in [0.25, 0.3) is 0 Å². The average molecular weight is 250 g/mol. The van der Waals surface area contributed by atoms with Crippen molar-refractivity contribution >= 4 is 0 Å². The number of nitrogens with zero attached hydrogens (tertiary/aromatic N) is 1. The average Bonchev–Trinajstić information content (AvgIpc) is 2.63. The van der Waals surface area contributed by atoms with Crippen molar-refractivity contribution in [2.75, 3.05) is 7.05 Å². The molecule has 0 aromatic heterocycles. The van der Waals surface area contributed by atoms with Crippen LogP contribution in [0.2, 0.25) is 0 Å². The van der Waals surface area contributed by atoms with Crippen molar-refractivity contribution < 1.29 is 0 Å². The Morgan fingerprint density at radius 1 is 0.944 bits per heavy atom. The molecule has 2 nitrogen and oxygen atoms in total. The minimum atomic E-state index is 0.748. The highest BCUT2D eigenvalue weighted by Crippen LogP contribution is 2.35. The van der Waals surface area contributed by atoms with Crippen LogP contribution in [-0.4, -0.2) is 36.1 Å². The van der Waals surface area contributed by atoms with E-state index in [0.29, 0.717) is 0 Å². The van der Waals surface area contributed by atoms with Gasteiger partial charge in [-0.25, -0.2) is 0 Å². The zero-order chi connectivity index (χ0) is 12.5. The highest BCUT2D eigenvalue weighted by molar-refractivity contribution is 4.97. The van der Waals surface area contributed by atoms with Crippen LogP contribution in [0.4, 0.5) is 0 Å². The van der Waals surface area contributed by atoms with Gasteiger partial charge in [0.1, 0.15) is 0 Å². The maximum Gasteiger partial charge on any atom is 0.0111 e. The van der Waals surface area contributed by atoms with Crippen molar-refractivity contribution in [2.24, 2.45) is 5.92 Å². The molecule has 3 rings (SSSR count). The minimum Gasteiger partial charge on any atom is -0.311 e. The molecule has 0 radical (unpaired) electrons. The lowest BCUT2D eigenvalue weighted by Crippen LogP contribution is -2.50. The van der Waals surface area contributed by atoms with Gasteiger partial charge in [-0.05, 0) is 58.4 Å². The van der Waals surface area contributed by atoms with Crippen molar-refractivity contribution in [3.63, 3.8) is 0 Å². The lowest BCUT2D eigenvalue weighted by atomic mass is 9.84. The van der Waals surface area contributed by atoms with Crippen LogP contribution in [0.1, 0.15) is 64.7 Å². The number of piperidine rings is 1. The first-order valence-corrected chi connectivity index (χ1v) is 8.22. The van der Waals surface area contributed by atoms with Crippen molar-refractivity contribution in [3.05, 3.63) is 0 Å². The molecule has 1 N–H and O–H groups in total. The zero-order valence-electron chi connectivity index (χ0n) is 12.2. The van der Waals surface area contributed by atoms with Gasteiger partial charge in [-0.1, -0.05) is 19.3 Å². The van der Waals surface area contributed by atoms with Gasteiger partial charge in [0, 0.05) is 24.2 Å². The van der Waals surface area contributed by atoms with Gasteiger partial charge < -0.3 is 10.2 Å². The van der Waals surface area contributed by atoms with Gasteiger partial charge in [0.05, 0.1) is 0 Å². The fraction of sp³-hybridized carbons (Fsp3) is 1.00. The van der Waals surface area contributed by atoms with Gasteiger partial charge in [0.15, 0.2) is 0 Å². The fourth-order valence-corrected chi connectivity index (χ4v) is 4.69. The Morgan fingerprint density at radius 2 is 1.56 bits per heavy atom. The first kappa shape index (κ1) is 12.9. The number of fused-ring (bicyclic) bond motifs is 2. The van der Waals surface area contributed by atoms with E-state index in [0.717, 1.165) is 30.1 Å². The second kappa shape index (κ2) is 5.50. The monoisotopic (exact) mass is 250 g/mol. The Hall–Kier alpha value is -0.0800. The van der Waals surface area contributed by atoms with E-state index in [1.54, 1.807) is 0 Å². The van der Waals surface area contributed by atoms with Gasteiger partial charge in [0.2, 0.25) is 0 Å². The van der Waals surface area contributed by atoms with E-state index in [1.807, 2.05) is 0 Å². The quantitative estimate of drug-likeness (QED) is 0.827. The molecule has 0 aromatic carbocycles. The molecule has 104 valence electrons. The Morgan fingerprint density at radius 3 is 2.17 bits per heavy atom. The van der Waals surface area contributed by atoms with Gasteiger partial charge in [-0.3, -0.25) is 0 Å². The molecular weight excluding hydrogens is 220 g/mol. The fourth-order valence-electron chi connectivity index (χ4n) is 4.69. The number of rotatable bonds is 3. The van der Waals surface area contributed by atoms with E-state index in [1.165, 1.54) is 57.8 Å². The molecule has 2 aliphatic heterocycles. The van der Waals surface area contributed by atoms with E-state index in [-0.39, 0.29) is 0 Å². The van der Waals surface area contributed by atoms with Crippen LogP contribution in [0, 0.1) is 5.92 Å². The second-order valence-electron chi connectivity index (χ2n) is 7.07. The van der Waals surface area contributed by atoms with Crippen LogP contribution < -0.4 is 5.32 Å². The third-order valence-corrected chi connectivity index (χ3v) is 5.95. The molecule has 0 aromatic rings. The molecule has 2 saturated heterocycles. The van der Waals surface area contributed by atoms with Crippen LogP contribution in [0.15, 0.2) is 0 Å². The van der Waals surface area contributed by atoms with Crippen molar-refractivity contribution in [1.29, 1.82) is 0 Å². The summed E-state index contributed by atoms with van der Waals surface area (Å²) in [4.78, 5) is 2.64. The van der Waals surface area contributed by atoms with E-state index < -0.39 is 0 Å². The summed E-state index contributed by atoms with van der Waals surface area (Å²) in [6, 6.07) is 3.30. The predicted octanol–water partition coefficient (Wildman–Crippen LogP) is 3.17. The van der Waals surface area contributed by atoms with Gasteiger partial charge >= 0.3 is 0 Å². The van der Waals surface area contributed by atoms with E-state index in [4.69, 9.17) is 0 Å². The summed E-state index contributed by atoms with van der Waals surface area (Å²) in [6.07, 6.45) is 13.0. The Kier molecular flexibility index (Phi) is 3.95. The number of nitrogens with one attached hydrogen (secondary N) is 1. The maximum atomic E-state index is 3.98. The molecule has 3 aliphatic rings. The molecule has 18 heavy (non-hydrogen) atoms. The van der Waals surface area contributed by atoms with E-state index in [9.17, 15) is 0 Å². The SMILES string of the molecule is C[C@@H](NC1CC2CCC(C1)N2C)C1CCCCC1. The standard InChI is InChI=1S/C16H30N2/c1-12(13-6-4-3-5-7-13)17-14-10-15-8-9-16(11-14)18(15)2/h12-17H,3-11H2,1-2H3/t12-,14?,15?,16?/m1/s1. The molecule has 2 heteroatoms. The van der Waals surface area contributed by atoms with Crippen LogP contribution in [0.3, 0.4) is 0 Å². The molecule has 0 amide bonds. The summed E-state index contributed by atoms with van der Waals surface area (Å²) >= 11 is 0. The first-order chi connectivity index (χ1) is 8.74. The second-order valence-corrected chi connectivity index (χ2v) is 7.07. The van der Waals surface area contributed by atoms with Crippen LogP contribution in [-0.2, 0) is 0 Å². The summed E-state index contributed by atoms with van der Waals surface area (Å²) in [5, 5.41) is 3.98. The molecule has 1 saturated carbocycles. The highest BCUT2D eigenvalue weighted by atomic mass is 15.2. The Labute approximate surface area is 113 Å². The van der Waals surface area contributed by atoms with Gasteiger partial charge in [-0.2, -0.15) is 0 Å². The van der Waals surface area contributed by atoms with Crippen molar-refractivity contribution in [2.45, 2.75) is 88.9 Å². The molecule has 2 bridgehead atoms. The highest BCUT2D eigenvalue weighted by Gasteiger charge is 2.38. The molecule has 3 fully saturated rings. The Bertz CT molecular complexity index is 258. The summed E-state index contributed by atoms with van der Waals surface area (Å²) in [7, 11) is 2.34. The van der Waals surface area contributed by atoms with Crippen LogP contribution in [0.5, 0.6) is 0 Å². The topological polar surface area (TPSA) is 15.3 Å². The Balaban J connectivity index is 1.51. The molecule has 2 heterocycles. The first-order valence-electron chi connectivity index (χ1n) is 8.22. The lowest BCUT2D eigenvalue weighted by Gasteiger charge is -2.39. The lowest BCUT2D eigenvalue weighted by molar-refractivity contribution is 0.134. The number of hydrogen-bond acceptors (Lipinski definition) is 2. The zero-order valence-corrected chi connectivity index (χ0v) is 12.2. The third-order valence-electron chi connectivity index (χ3n) is 5.95. The van der Waals surface area contributed by atoms with Gasteiger partial charge in [-0.15, -0.1) is 0 Å². The third kappa shape index (κ3) is 2.60. The van der Waals surface area contributed by atoms with Crippen LogP contribution in [0.25, 0.3) is 0 Å². The smallest absolute Gasteiger partial charge is 0.0111 e. The molecular formula is C16H30N2. The molecule has 2 unspecified atom stereocenters. The number of hydrogen-bond donors (Lipinski definition) is 1. The van der Waals surface area contributed by atoms with Crippen LogP contribution >= 0.6 is 0 Å². The van der Waals surface area contributed by atoms with E-state index in [2.05, 4.69) is 24.2 Å². The summed E-state index contributed by atoms with van der Waals surface area (Å²) in [5.41, 5.74) is 0. The van der Waals surface area contributed by atoms with E-state index >= 15 is 0 Å².